The fraction of sp³-hybridized carbons (Fsp3) is 0.294. The van der Waals surface area contributed by atoms with Crippen molar-refractivity contribution in [1.82, 2.24) is 4.57 Å². The minimum absolute atomic E-state index is 0.00676. The zero-order valence-electron chi connectivity index (χ0n) is 12.9. The van der Waals surface area contributed by atoms with Crippen molar-refractivity contribution in [1.29, 1.82) is 0 Å². The molecule has 0 fully saturated rings. The molecule has 0 amide bonds. The maximum atomic E-state index is 12.5. The van der Waals surface area contributed by atoms with E-state index in [1.54, 1.807) is 44.4 Å². The van der Waals surface area contributed by atoms with Gasteiger partial charge in [0.05, 0.1) is 18.7 Å². The Hall–Kier alpha value is -2.07. The molecule has 0 saturated carbocycles. The summed E-state index contributed by atoms with van der Waals surface area (Å²) < 4.78 is 6.61. The SMILES string of the molecule is CCc1cc(Cl)c(C)c(=O)n1CC(=O)c1cccc(OC)c1. The fourth-order valence-corrected chi connectivity index (χ4v) is 2.47. The Bertz CT molecular complexity index is 765. The number of pyridine rings is 1. The second-order valence-corrected chi connectivity index (χ2v) is 5.42. The zero-order chi connectivity index (χ0) is 16.3. The number of benzene rings is 1. The first kappa shape index (κ1) is 16.3. The van der Waals surface area contributed by atoms with Crippen LogP contribution in [0.15, 0.2) is 35.1 Å². The number of ketones is 1. The fourth-order valence-electron chi connectivity index (χ4n) is 2.27. The van der Waals surface area contributed by atoms with Crippen molar-refractivity contribution in [3.63, 3.8) is 0 Å². The van der Waals surface area contributed by atoms with Crippen molar-refractivity contribution < 1.29 is 9.53 Å². The van der Waals surface area contributed by atoms with Gasteiger partial charge in [-0.15, -0.1) is 0 Å². The van der Waals surface area contributed by atoms with E-state index < -0.39 is 0 Å². The minimum Gasteiger partial charge on any atom is -0.497 e. The highest BCUT2D eigenvalue weighted by Gasteiger charge is 2.14. The number of ether oxygens (including phenoxy) is 1. The minimum atomic E-state index is -0.222. The van der Waals surface area contributed by atoms with Crippen LogP contribution in [-0.2, 0) is 13.0 Å². The maximum Gasteiger partial charge on any atom is 0.255 e. The molecular formula is C17H18ClNO3. The number of Topliss-reactive ketones (excluding diaryl/α,β-unsaturated/α-hetero) is 1. The number of carbonyl (C=O) groups is 1. The van der Waals surface area contributed by atoms with Crippen LogP contribution in [0.3, 0.4) is 0 Å². The van der Waals surface area contributed by atoms with Gasteiger partial charge in [0.25, 0.3) is 5.56 Å². The highest BCUT2D eigenvalue weighted by atomic mass is 35.5. The number of rotatable bonds is 5. The summed E-state index contributed by atoms with van der Waals surface area (Å²) in [6, 6.07) is 8.65. The summed E-state index contributed by atoms with van der Waals surface area (Å²) in [7, 11) is 1.55. The summed E-state index contributed by atoms with van der Waals surface area (Å²) >= 11 is 6.05. The Morgan fingerprint density at radius 1 is 1.32 bits per heavy atom. The average Bonchev–Trinajstić information content (AvgIpc) is 2.55. The van der Waals surface area contributed by atoms with Crippen molar-refractivity contribution in [3.8, 4) is 5.75 Å². The number of halogens is 1. The van der Waals surface area contributed by atoms with Gasteiger partial charge in [0.2, 0.25) is 0 Å². The van der Waals surface area contributed by atoms with E-state index in [0.717, 1.165) is 5.69 Å². The predicted octanol–water partition coefficient (Wildman–Crippen LogP) is 3.26. The van der Waals surface area contributed by atoms with Gasteiger partial charge in [0.1, 0.15) is 5.75 Å². The van der Waals surface area contributed by atoms with E-state index in [1.807, 2.05) is 6.92 Å². The number of methoxy groups -OCH3 is 1. The van der Waals surface area contributed by atoms with Crippen LogP contribution in [0.5, 0.6) is 5.75 Å². The van der Waals surface area contributed by atoms with Gasteiger partial charge in [0.15, 0.2) is 5.78 Å². The Morgan fingerprint density at radius 2 is 2.05 bits per heavy atom. The topological polar surface area (TPSA) is 48.3 Å². The molecule has 0 N–H and O–H groups in total. The number of carbonyl (C=O) groups excluding carboxylic acids is 1. The summed E-state index contributed by atoms with van der Waals surface area (Å²) in [6.45, 7) is 3.58. The lowest BCUT2D eigenvalue weighted by molar-refractivity contribution is 0.0969. The summed E-state index contributed by atoms with van der Waals surface area (Å²) in [5.41, 5.74) is 1.50. The van der Waals surface area contributed by atoms with E-state index in [0.29, 0.717) is 28.3 Å². The van der Waals surface area contributed by atoms with E-state index in [2.05, 4.69) is 0 Å². The molecule has 4 nitrogen and oxygen atoms in total. The molecule has 0 radical (unpaired) electrons. The molecule has 0 aliphatic heterocycles. The molecule has 0 spiro atoms. The van der Waals surface area contributed by atoms with Gasteiger partial charge in [-0.2, -0.15) is 0 Å². The highest BCUT2D eigenvalue weighted by molar-refractivity contribution is 6.31. The van der Waals surface area contributed by atoms with Gasteiger partial charge in [-0.1, -0.05) is 30.7 Å². The van der Waals surface area contributed by atoms with Crippen molar-refractivity contribution in [3.05, 3.63) is 62.5 Å². The van der Waals surface area contributed by atoms with Crippen molar-refractivity contribution in [2.45, 2.75) is 26.8 Å². The molecule has 116 valence electrons. The normalized spacial score (nSPS) is 10.5. The molecule has 1 aromatic carbocycles. The number of nitrogens with zero attached hydrogens (tertiary/aromatic N) is 1. The number of aromatic nitrogens is 1. The first-order valence-corrected chi connectivity index (χ1v) is 7.41. The van der Waals surface area contributed by atoms with Crippen LogP contribution in [0.4, 0.5) is 0 Å². The van der Waals surface area contributed by atoms with Crippen LogP contribution in [0, 0.1) is 6.92 Å². The molecule has 1 aromatic heterocycles. The third-order valence-corrected chi connectivity index (χ3v) is 4.01. The first-order chi connectivity index (χ1) is 10.5. The largest absolute Gasteiger partial charge is 0.497 e. The van der Waals surface area contributed by atoms with Crippen LogP contribution >= 0.6 is 11.6 Å². The Morgan fingerprint density at radius 3 is 2.68 bits per heavy atom. The van der Waals surface area contributed by atoms with Crippen LogP contribution in [0.1, 0.15) is 28.5 Å². The highest BCUT2D eigenvalue weighted by Crippen LogP contribution is 2.16. The molecular weight excluding hydrogens is 302 g/mol. The molecule has 0 aliphatic rings. The van der Waals surface area contributed by atoms with Crippen LogP contribution < -0.4 is 10.3 Å². The molecule has 2 aromatic rings. The van der Waals surface area contributed by atoms with Crippen molar-refractivity contribution >= 4 is 17.4 Å². The van der Waals surface area contributed by atoms with E-state index in [4.69, 9.17) is 16.3 Å². The maximum absolute atomic E-state index is 12.5. The first-order valence-electron chi connectivity index (χ1n) is 7.04. The molecule has 0 saturated heterocycles. The molecule has 22 heavy (non-hydrogen) atoms. The van der Waals surface area contributed by atoms with Crippen LogP contribution in [-0.4, -0.2) is 17.5 Å². The summed E-state index contributed by atoms with van der Waals surface area (Å²) in [4.78, 5) is 24.8. The molecule has 0 aliphatic carbocycles. The summed E-state index contributed by atoms with van der Waals surface area (Å²) in [5, 5.41) is 0.437. The lowest BCUT2D eigenvalue weighted by Gasteiger charge is -2.13. The standard InChI is InChI=1S/C17H18ClNO3/c1-4-13-9-15(18)11(2)17(21)19(13)10-16(20)12-6-5-7-14(8-12)22-3/h5-9H,4,10H2,1-3H3. The van der Waals surface area contributed by atoms with E-state index in [1.165, 1.54) is 4.57 Å². The van der Waals surface area contributed by atoms with E-state index in [9.17, 15) is 9.59 Å². The Balaban J connectivity index is 2.40. The third kappa shape index (κ3) is 3.22. The lowest BCUT2D eigenvalue weighted by Crippen LogP contribution is -2.29. The zero-order valence-corrected chi connectivity index (χ0v) is 13.6. The second kappa shape index (κ2) is 6.79. The number of aryl methyl sites for hydroxylation is 1. The van der Waals surface area contributed by atoms with Gasteiger partial charge in [0, 0.05) is 16.8 Å². The predicted molar refractivity (Wildman–Crippen MR) is 87.2 cm³/mol. The van der Waals surface area contributed by atoms with Gasteiger partial charge < -0.3 is 9.30 Å². The van der Waals surface area contributed by atoms with E-state index in [-0.39, 0.29) is 17.9 Å². The smallest absolute Gasteiger partial charge is 0.255 e. The number of hydrogen-bond donors (Lipinski definition) is 0. The van der Waals surface area contributed by atoms with Crippen molar-refractivity contribution in [2.75, 3.05) is 7.11 Å². The quantitative estimate of drug-likeness (QED) is 0.795. The van der Waals surface area contributed by atoms with Crippen LogP contribution in [0.25, 0.3) is 0 Å². The monoisotopic (exact) mass is 319 g/mol. The molecule has 2 rings (SSSR count). The molecule has 0 bridgehead atoms. The summed E-state index contributed by atoms with van der Waals surface area (Å²) in [6.07, 6.45) is 0.626. The lowest BCUT2D eigenvalue weighted by atomic mass is 10.1. The van der Waals surface area contributed by atoms with Gasteiger partial charge in [-0.25, -0.2) is 0 Å². The van der Waals surface area contributed by atoms with E-state index >= 15 is 0 Å². The van der Waals surface area contributed by atoms with Crippen molar-refractivity contribution in [2.24, 2.45) is 0 Å². The Kier molecular flexibility index (Phi) is 5.03. The molecule has 0 atom stereocenters. The number of hydrogen-bond acceptors (Lipinski definition) is 3. The second-order valence-electron chi connectivity index (χ2n) is 5.01. The molecule has 1 heterocycles. The van der Waals surface area contributed by atoms with Gasteiger partial charge in [-0.05, 0) is 31.5 Å². The third-order valence-electron chi connectivity index (χ3n) is 3.62. The molecule has 0 unspecified atom stereocenters. The Labute approximate surface area is 134 Å². The van der Waals surface area contributed by atoms with Gasteiger partial charge >= 0.3 is 0 Å². The van der Waals surface area contributed by atoms with Crippen LogP contribution in [0.2, 0.25) is 5.02 Å². The summed E-state index contributed by atoms with van der Waals surface area (Å²) in [5.74, 6) is 0.471. The average molecular weight is 320 g/mol. The molecule has 5 heteroatoms. The van der Waals surface area contributed by atoms with Gasteiger partial charge in [-0.3, -0.25) is 9.59 Å².